The molecule has 0 saturated heterocycles. The molecule has 0 aromatic rings. The van der Waals surface area contributed by atoms with Gasteiger partial charge in [0.25, 0.3) is 0 Å². The summed E-state index contributed by atoms with van der Waals surface area (Å²) in [5.41, 5.74) is 0.303. The van der Waals surface area contributed by atoms with Crippen LogP contribution in [0.25, 0.3) is 0 Å². The third kappa shape index (κ3) is 14.4. The van der Waals surface area contributed by atoms with Gasteiger partial charge in [0.05, 0.1) is 0 Å². The van der Waals surface area contributed by atoms with Crippen LogP contribution >= 0.6 is 15.9 Å². The topological polar surface area (TPSA) is 29.1 Å². The third-order valence-corrected chi connectivity index (χ3v) is 4.01. The predicted molar refractivity (Wildman–Crippen MR) is 92.4 cm³/mol. The van der Waals surface area contributed by atoms with Crippen LogP contribution in [-0.4, -0.2) is 17.3 Å². The smallest absolute Gasteiger partial charge is 0.220 e. The summed E-state index contributed by atoms with van der Waals surface area (Å²) in [5, 5.41) is 3.03. The van der Waals surface area contributed by atoms with Crippen molar-refractivity contribution in [2.24, 2.45) is 5.41 Å². The van der Waals surface area contributed by atoms with Gasteiger partial charge in [0.1, 0.15) is 0 Å². The van der Waals surface area contributed by atoms with Crippen LogP contribution in [0.2, 0.25) is 0 Å². The van der Waals surface area contributed by atoms with Gasteiger partial charge in [0.2, 0.25) is 5.91 Å². The maximum Gasteiger partial charge on any atom is 0.220 e. The molecule has 0 bridgehead atoms. The molecular formula is C17H34BrNO. The van der Waals surface area contributed by atoms with Crippen LogP contribution in [0.1, 0.15) is 85.5 Å². The van der Waals surface area contributed by atoms with Crippen molar-refractivity contribution in [1.29, 1.82) is 0 Å². The minimum absolute atomic E-state index is 0.205. The average molecular weight is 348 g/mol. The Kier molecular flexibility index (Phi) is 11.6. The van der Waals surface area contributed by atoms with Gasteiger partial charge in [-0.2, -0.15) is 0 Å². The van der Waals surface area contributed by atoms with Gasteiger partial charge in [-0.15, -0.1) is 0 Å². The first-order chi connectivity index (χ1) is 9.35. The molecule has 0 aliphatic rings. The molecule has 1 atom stereocenters. The molecule has 0 saturated carbocycles. The van der Waals surface area contributed by atoms with Crippen LogP contribution in [0.15, 0.2) is 0 Å². The van der Waals surface area contributed by atoms with Crippen molar-refractivity contribution in [3.05, 3.63) is 0 Å². The van der Waals surface area contributed by atoms with Crippen LogP contribution in [0, 0.1) is 5.41 Å². The highest BCUT2D eigenvalue weighted by Crippen LogP contribution is 2.24. The van der Waals surface area contributed by atoms with Gasteiger partial charge < -0.3 is 5.32 Å². The zero-order valence-corrected chi connectivity index (χ0v) is 15.5. The Hall–Kier alpha value is -0.0500. The van der Waals surface area contributed by atoms with Crippen LogP contribution in [-0.2, 0) is 4.79 Å². The maximum absolute atomic E-state index is 11.7. The van der Waals surface area contributed by atoms with Crippen LogP contribution < -0.4 is 5.32 Å². The van der Waals surface area contributed by atoms with Crippen molar-refractivity contribution in [2.75, 3.05) is 6.54 Å². The molecule has 0 fully saturated rings. The highest BCUT2D eigenvalue weighted by molar-refractivity contribution is 9.09. The Morgan fingerprint density at radius 2 is 1.60 bits per heavy atom. The monoisotopic (exact) mass is 347 g/mol. The van der Waals surface area contributed by atoms with Crippen molar-refractivity contribution in [3.63, 3.8) is 0 Å². The molecule has 0 rings (SSSR count). The van der Waals surface area contributed by atoms with Gasteiger partial charge in [0, 0.05) is 17.8 Å². The lowest BCUT2D eigenvalue weighted by Gasteiger charge is -2.22. The number of hydrogen-bond acceptors (Lipinski definition) is 1. The van der Waals surface area contributed by atoms with E-state index in [1.54, 1.807) is 0 Å². The first-order valence-electron chi connectivity index (χ1n) is 8.26. The molecule has 20 heavy (non-hydrogen) atoms. The molecule has 120 valence electrons. The largest absolute Gasteiger partial charge is 0.355 e. The molecule has 0 spiro atoms. The molecule has 0 aliphatic heterocycles. The normalized spacial score (nSPS) is 13.2. The van der Waals surface area contributed by atoms with E-state index in [1.165, 1.54) is 38.5 Å². The Bertz CT molecular complexity index is 248. The van der Waals surface area contributed by atoms with Crippen LogP contribution in [0.5, 0.6) is 0 Å². The standard InChI is InChI=1S/C17H34BrNO/c1-5-6-7-8-9-10-11-12-16(20)19-14-15(18)13-17(2,3)4/h15H,5-14H2,1-4H3,(H,19,20). The van der Waals surface area contributed by atoms with E-state index in [1.807, 2.05) is 0 Å². The zero-order chi connectivity index (χ0) is 15.4. The lowest BCUT2D eigenvalue weighted by Crippen LogP contribution is -2.31. The summed E-state index contributed by atoms with van der Waals surface area (Å²) >= 11 is 3.64. The molecular weight excluding hydrogens is 314 g/mol. The van der Waals surface area contributed by atoms with E-state index >= 15 is 0 Å². The Balaban J connectivity index is 3.45. The van der Waals surface area contributed by atoms with E-state index < -0.39 is 0 Å². The zero-order valence-electron chi connectivity index (χ0n) is 13.9. The number of unbranched alkanes of at least 4 members (excludes halogenated alkanes) is 6. The molecule has 1 unspecified atom stereocenters. The number of alkyl halides is 1. The minimum atomic E-state index is 0.205. The van der Waals surface area contributed by atoms with Gasteiger partial charge >= 0.3 is 0 Å². The summed E-state index contributed by atoms with van der Waals surface area (Å²) in [7, 11) is 0. The predicted octanol–water partition coefficient (Wildman–Crippen LogP) is 5.44. The first-order valence-corrected chi connectivity index (χ1v) is 9.17. The summed E-state index contributed by atoms with van der Waals surface area (Å²) in [6.45, 7) is 9.65. The lowest BCUT2D eigenvalue weighted by atomic mass is 9.90. The molecule has 0 heterocycles. The van der Waals surface area contributed by atoms with Gasteiger partial charge in [-0.25, -0.2) is 0 Å². The number of nitrogens with one attached hydrogen (secondary N) is 1. The summed E-state index contributed by atoms with van der Waals surface area (Å²) in [5.74, 6) is 0.205. The molecule has 0 aromatic carbocycles. The Labute approximate surface area is 134 Å². The first kappa shape index (κ1) is 19.9. The average Bonchev–Trinajstić information content (AvgIpc) is 2.33. The number of amides is 1. The quantitative estimate of drug-likeness (QED) is 0.391. The Morgan fingerprint density at radius 1 is 1.05 bits per heavy atom. The highest BCUT2D eigenvalue weighted by Gasteiger charge is 2.16. The van der Waals surface area contributed by atoms with Gasteiger partial charge in [-0.05, 0) is 18.3 Å². The number of hydrogen-bond donors (Lipinski definition) is 1. The number of rotatable bonds is 11. The second-order valence-electron chi connectivity index (χ2n) is 7.04. The summed E-state index contributed by atoms with van der Waals surface area (Å²) in [4.78, 5) is 12.1. The maximum atomic E-state index is 11.7. The second-order valence-corrected chi connectivity index (χ2v) is 8.33. The number of carbonyl (C=O) groups is 1. The highest BCUT2D eigenvalue weighted by atomic mass is 79.9. The summed E-state index contributed by atoms with van der Waals surface area (Å²) in [6.07, 6.45) is 10.6. The molecule has 0 aromatic heterocycles. The van der Waals surface area contributed by atoms with E-state index in [-0.39, 0.29) is 5.91 Å². The van der Waals surface area contributed by atoms with Crippen LogP contribution in [0.3, 0.4) is 0 Å². The van der Waals surface area contributed by atoms with E-state index in [0.717, 1.165) is 19.4 Å². The van der Waals surface area contributed by atoms with Crippen molar-refractivity contribution >= 4 is 21.8 Å². The van der Waals surface area contributed by atoms with E-state index in [4.69, 9.17) is 0 Å². The fraction of sp³-hybridized carbons (Fsp3) is 0.941. The summed E-state index contributed by atoms with van der Waals surface area (Å²) in [6, 6.07) is 0. The minimum Gasteiger partial charge on any atom is -0.355 e. The molecule has 1 amide bonds. The fourth-order valence-corrected chi connectivity index (χ4v) is 3.43. The number of halogens is 1. The summed E-state index contributed by atoms with van der Waals surface area (Å²) < 4.78 is 0. The number of carbonyl (C=O) groups excluding carboxylic acids is 1. The van der Waals surface area contributed by atoms with E-state index in [2.05, 4.69) is 48.9 Å². The van der Waals surface area contributed by atoms with Gasteiger partial charge in [-0.3, -0.25) is 4.79 Å². The van der Waals surface area contributed by atoms with Crippen LogP contribution in [0.4, 0.5) is 0 Å². The van der Waals surface area contributed by atoms with Gasteiger partial charge in [-0.1, -0.05) is 82.1 Å². The van der Waals surface area contributed by atoms with Gasteiger partial charge in [0.15, 0.2) is 0 Å². The van der Waals surface area contributed by atoms with Crippen molar-refractivity contribution in [3.8, 4) is 0 Å². The molecule has 2 nitrogen and oxygen atoms in total. The lowest BCUT2D eigenvalue weighted by molar-refractivity contribution is -0.121. The molecule has 0 aliphatic carbocycles. The SMILES string of the molecule is CCCCCCCCCC(=O)NCC(Br)CC(C)(C)C. The van der Waals surface area contributed by atoms with Crippen molar-refractivity contribution in [1.82, 2.24) is 5.32 Å². The van der Waals surface area contributed by atoms with Crippen molar-refractivity contribution in [2.45, 2.75) is 90.3 Å². The third-order valence-electron chi connectivity index (χ3n) is 3.36. The fourth-order valence-electron chi connectivity index (χ4n) is 2.29. The Morgan fingerprint density at radius 3 is 2.15 bits per heavy atom. The molecule has 1 N–H and O–H groups in total. The van der Waals surface area contributed by atoms with E-state index in [9.17, 15) is 4.79 Å². The molecule has 3 heteroatoms. The van der Waals surface area contributed by atoms with Crippen molar-refractivity contribution < 1.29 is 4.79 Å². The molecule has 0 radical (unpaired) electrons. The second kappa shape index (κ2) is 11.6. The van der Waals surface area contributed by atoms with E-state index in [0.29, 0.717) is 16.7 Å².